The van der Waals surface area contributed by atoms with Gasteiger partial charge in [-0.3, -0.25) is 0 Å². The van der Waals surface area contributed by atoms with Crippen LogP contribution in [0.1, 0.15) is 70.8 Å². The zero-order chi connectivity index (χ0) is 15.3. The summed E-state index contributed by atoms with van der Waals surface area (Å²) in [5, 5.41) is 3.72. The SMILES string of the molecule is CCCCCCCCC(Cc1ccc(Br)cc1)NCCC. The molecule has 0 radical (unpaired) electrons. The molecule has 1 unspecified atom stereocenters. The van der Waals surface area contributed by atoms with E-state index in [1.807, 2.05) is 0 Å². The van der Waals surface area contributed by atoms with Crippen LogP contribution in [0.2, 0.25) is 0 Å². The third-order valence-corrected chi connectivity index (χ3v) is 4.51. The first-order valence-electron chi connectivity index (χ1n) is 8.74. The molecular weight excluding hydrogens is 322 g/mol. The Kier molecular flexibility index (Phi) is 10.9. The van der Waals surface area contributed by atoms with E-state index in [1.165, 1.54) is 61.4 Å². The van der Waals surface area contributed by atoms with Crippen LogP contribution in [0.4, 0.5) is 0 Å². The number of unbranched alkanes of at least 4 members (excludes halogenated alkanes) is 5. The number of benzene rings is 1. The molecule has 1 aromatic carbocycles. The number of nitrogens with one attached hydrogen (secondary N) is 1. The molecule has 0 aliphatic carbocycles. The van der Waals surface area contributed by atoms with Gasteiger partial charge in [0.1, 0.15) is 0 Å². The summed E-state index contributed by atoms with van der Waals surface area (Å²) >= 11 is 3.51. The van der Waals surface area contributed by atoms with E-state index >= 15 is 0 Å². The van der Waals surface area contributed by atoms with E-state index in [1.54, 1.807) is 0 Å². The molecule has 0 saturated carbocycles. The summed E-state index contributed by atoms with van der Waals surface area (Å²) in [4.78, 5) is 0. The molecule has 0 aliphatic rings. The number of halogens is 1. The van der Waals surface area contributed by atoms with Gasteiger partial charge < -0.3 is 5.32 Å². The topological polar surface area (TPSA) is 12.0 Å². The van der Waals surface area contributed by atoms with Gasteiger partial charge in [0.2, 0.25) is 0 Å². The highest BCUT2D eigenvalue weighted by Gasteiger charge is 2.08. The molecule has 2 heteroatoms. The molecule has 1 nitrogen and oxygen atoms in total. The first-order valence-corrected chi connectivity index (χ1v) is 9.53. The van der Waals surface area contributed by atoms with Crippen LogP contribution >= 0.6 is 15.9 Å². The fourth-order valence-electron chi connectivity index (χ4n) is 2.70. The Morgan fingerprint density at radius 3 is 2.24 bits per heavy atom. The van der Waals surface area contributed by atoms with Crippen molar-refractivity contribution < 1.29 is 0 Å². The van der Waals surface area contributed by atoms with Crippen LogP contribution in [0, 0.1) is 0 Å². The maximum absolute atomic E-state index is 3.72. The first-order chi connectivity index (χ1) is 10.3. The second-order valence-electron chi connectivity index (χ2n) is 6.04. The lowest BCUT2D eigenvalue weighted by Crippen LogP contribution is -2.31. The van der Waals surface area contributed by atoms with Gasteiger partial charge >= 0.3 is 0 Å². The minimum Gasteiger partial charge on any atom is -0.314 e. The number of hydrogen-bond acceptors (Lipinski definition) is 1. The van der Waals surface area contributed by atoms with Gasteiger partial charge in [0.15, 0.2) is 0 Å². The van der Waals surface area contributed by atoms with Crippen LogP contribution in [0.15, 0.2) is 28.7 Å². The maximum atomic E-state index is 3.72. The third kappa shape index (κ3) is 9.31. The molecule has 0 fully saturated rings. The molecule has 1 rings (SSSR count). The van der Waals surface area contributed by atoms with Gasteiger partial charge in [0.25, 0.3) is 0 Å². The normalized spacial score (nSPS) is 12.5. The van der Waals surface area contributed by atoms with Gasteiger partial charge in [-0.05, 0) is 43.5 Å². The zero-order valence-corrected chi connectivity index (χ0v) is 15.4. The van der Waals surface area contributed by atoms with Crippen molar-refractivity contribution in [3.8, 4) is 0 Å². The lowest BCUT2D eigenvalue weighted by atomic mass is 9.99. The van der Waals surface area contributed by atoms with Crippen LogP contribution in [-0.2, 0) is 6.42 Å². The molecule has 21 heavy (non-hydrogen) atoms. The van der Waals surface area contributed by atoms with Crippen molar-refractivity contribution >= 4 is 15.9 Å². The monoisotopic (exact) mass is 353 g/mol. The van der Waals surface area contributed by atoms with Crippen molar-refractivity contribution in [1.82, 2.24) is 5.32 Å². The predicted octanol–water partition coefficient (Wildman–Crippen LogP) is 6.11. The molecule has 120 valence electrons. The average molecular weight is 354 g/mol. The summed E-state index contributed by atoms with van der Waals surface area (Å²) in [6.45, 7) is 5.66. The van der Waals surface area contributed by atoms with Crippen molar-refractivity contribution in [3.05, 3.63) is 34.3 Å². The zero-order valence-electron chi connectivity index (χ0n) is 13.8. The van der Waals surface area contributed by atoms with Crippen LogP contribution in [0.25, 0.3) is 0 Å². The third-order valence-electron chi connectivity index (χ3n) is 3.98. The van der Waals surface area contributed by atoms with E-state index in [0.717, 1.165) is 13.0 Å². The van der Waals surface area contributed by atoms with Gasteiger partial charge in [-0.25, -0.2) is 0 Å². The predicted molar refractivity (Wildman–Crippen MR) is 97.9 cm³/mol. The van der Waals surface area contributed by atoms with E-state index in [-0.39, 0.29) is 0 Å². The quantitative estimate of drug-likeness (QED) is 0.447. The van der Waals surface area contributed by atoms with E-state index in [4.69, 9.17) is 0 Å². The Morgan fingerprint density at radius 2 is 1.57 bits per heavy atom. The van der Waals surface area contributed by atoms with Gasteiger partial charge in [-0.1, -0.05) is 80.4 Å². The summed E-state index contributed by atoms with van der Waals surface area (Å²) in [6, 6.07) is 9.42. The molecule has 0 spiro atoms. The summed E-state index contributed by atoms with van der Waals surface area (Å²) < 4.78 is 1.17. The van der Waals surface area contributed by atoms with Gasteiger partial charge in [0, 0.05) is 10.5 Å². The van der Waals surface area contributed by atoms with Gasteiger partial charge in [-0.2, -0.15) is 0 Å². The largest absolute Gasteiger partial charge is 0.314 e. The van der Waals surface area contributed by atoms with Crippen molar-refractivity contribution in [2.24, 2.45) is 0 Å². The fraction of sp³-hybridized carbons (Fsp3) is 0.684. The Bertz CT molecular complexity index is 347. The van der Waals surface area contributed by atoms with Crippen molar-refractivity contribution in [2.45, 2.75) is 77.7 Å². The highest BCUT2D eigenvalue weighted by molar-refractivity contribution is 9.10. The lowest BCUT2D eigenvalue weighted by molar-refractivity contribution is 0.450. The summed E-state index contributed by atoms with van der Waals surface area (Å²) in [6.07, 6.45) is 12.0. The van der Waals surface area contributed by atoms with Crippen molar-refractivity contribution in [2.75, 3.05) is 6.54 Å². The number of rotatable bonds is 12. The Morgan fingerprint density at radius 1 is 0.905 bits per heavy atom. The molecule has 0 heterocycles. The summed E-state index contributed by atoms with van der Waals surface area (Å²) in [7, 11) is 0. The Labute approximate surface area is 140 Å². The molecule has 1 aromatic rings. The van der Waals surface area contributed by atoms with Crippen LogP contribution < -0.4 is 5.32 Å². The summed E-state index contributed by atoms with van der Waals surface area (Å²) in [5.41, 5.74) is 1.44. The van der Waals surface area contributed by atoms with Gasteiger partial charge in [0.05, 0.1) is 0 Å². The van der Waals surface area contributed by atoms with Gasteiger partial charge in [-0.15, -0.1) is 0 Å². The second kappa shape index (κ2) is 12.2. The molecule has 0 amide bonds. The van der Waals surface area contributed by atoms with Crippen LogP contribution in [0.3, 0.4) is 0 Å². The fourth-order valence-corrected chi connectivity index (χ4v) is 2.97. The van der Waals surface area contributed by atoms with E-state index in [9.17, 15) is 0 Å². The highest BCUT2D eigenvalue weighted by Crippen LogP contribution is 2.15. The molecular formula is C19H32BrN. The number of hydrogen-bond donors (Lipinski definition) is 1. The van der Waals surface area contributed by atoms with Crippen molar-refractivity contribution in [3.63, 3.8) is 0 Å². The average Bonchev–Trinajstić information content (AvgIpc) is 2.50. The van der Waals surface area contributed by atoms with E-state index in [2.05, 4.69) is 59.4 Å². The molecule has 0 aliphatic heterocycles. The highest BCUT2D eigenvalue weighted by atomic mass is 79.9. The smallest absolute Gasteiger partial charge is 0.0175 e. The van der Waals surface area contributed by atoms with E-state index in [0.29, 0.717) is 6.04 Å². The molecule has 1 N–H and O–H groups in total. The lowest BCUT2D eigenvalue weighted by Gasteiger charge is -2.18. The minimum absolute atomic E-state index is 0.636. The summed E-state index contributed by atoms with van der Waals surface area (Å²) in [5.74, 6) is 0. The molecule has 0 saturated heterocycles. The molecule has 1 atom stereocenters. The van der Waals surface area contributed by atoms with Crippen molar-refractivity contribution in [1.29, 1.82) is 0 Å². The van der Waals surface area contributed by atoms with E-state index < -0.39 is 0 Å². The van der Waals surface area contributed by atoms with Crippen LogP contribution in [0.5, 0.6) is 0 Å². The Balaban J connectivity index is 2.31. The molecule has 0 bridgehead atoms. The minimum atomic E-state index is 0.636. The standard InChI is InChI=1S/C19H32BrN/c1-3-5-6-7-8-9-10-19(21-15-4-2)16-17-11-13-18(20)14-12-17/h11-14,19,21H,3-10,15-16H2,1-2H3. The molecule has 0 aromatic heterocycles. The maximum Gasteiger partial charge on any atom is 0.0175 e. The first kappa shape index (κ1) is 18.7. The second-order valence-corrected chi connectivity index (χ2v) is 6.95. The van der Waals surface area contributed by atoms with Crippen LogP contribution in [-0.4, -0.2) is 12.6 Å². The Hall–Kier alpha value is -0.340.